The zero-order chi connectivity index (χ0) is 26.2. The fraction of sp³-hybridized carbons (Fsp3) is 0.542. The first-order valence-electron chi connectivity index (χ1n) is 11.5. The maximum absolute atomic E-state index is 12.9. The van der Waals surface area contributed by atoms with Crippen LogP contribution in [-0.4, -0.2) is 88.2 Å². The number of carbonyl (C=O) groups is 3. The minimum Gasteiger partial charge on any atom is -0.493 e. The van der Waals surface area contributed by atoms with Crippen LogP contribution >= 0.6 is 15.9 Å². The van der Waals surface area contributed by atoms with E-state index in [2.05, 4.69) is 15.9 Å². The topological polar surface area (TPSA) is 113 Å². The molecule has 11 nitrogen and oxygen atoms in total. The largest absolute Gasteiger partial charge is 0.493 e. The number of likely N-dealkylation sites (N-methyl/N-ethyl adjacent to an activating group) is 1. The van der Waals surface area contributed by atoms with E-state index in [-0.39, 0.29) is 31.5 Å². The number of allylic oxidation sites excluding steroid dienone is 1. The molecule has 0 unspecified atom stereocenters. The minimum atomic E-state index is -0.923. The van der Waals surface area contributed by atoms with E-state index in [0.29, 0.717) is 29.0 Å². The molecule has 12 heteroatoms. The summed E-state index contributed by atoms with van der Waals surface area (Å²) in [7, 11) is 4.49. The molecule has 2 amide bonds. The Balaban J connectivity index is 1.79. The number of nitrogens with zero attached hydrogens (tertiary/aromatic N) is 2. The fourth-order valence-corrected chi connectivity index (χ4v) is 4.63. The first-order chi connectivity index (χ1) is 17.3. The number of rotatable bonds is 13. The standard InChI is InChI=1S/C24H31BrN2O9/c1-5-6-9-27-20(18-22(36-27)24(30)26(2)23(18)29)15-7-8-16(32-4)21(19(15)25)35-14-17(28)34-13-12-33-11-10-31-3/h6-9,18,20,22H,5,10-14H2,1-4H3/b9-6+/t18-,20-,22+/m0/s1. The van der Waals surface area contributed by atoms with Gasteiger partial charge in [-0.1, -0.05) is 19.1 Å². The quantitative estimate of drug-likeness (QED) is 0.199. The van der Waals surface area contributed by atoms with Crippen molar-refractivity contribution in [2.75, 3.05) is 54.3 Å². The number of hydroxylamine groups is 2. The van der Waals surface area contributed by atoms with Crippen LogP contribution < -0.4 is 9.47 Å². The number of benzene rings is 1. The van der Waals surface area contributed by atoms with Gasteiger partial charge in [-0.15, -0.1) is 0 Å². The van der Waals surface area contributed by atoms with Crippen LogP contribution in [0.1, 0.15) is 24.9 Å². The maximum Gasteiger partial charge on any atom is 0.344 e. The highest BCUT2D eigenvalue weighted by Gasteiger charge is 2.58. The summed E-state index contributed by atoms with van der Waals surface area (Å²) in [5, 5.41) is 1.52. The van der Waals surface area contributed by atoms with Gasteiger partial charge < -0.3 is 23.7 Å². The number of imide groups is 1. The second kappa shape index (κ2) is 13.0. The van der Waals surface area contributed by atoms with E-state index in [1.54, 1.807) is 25.4 Å². The lowest BCUT2D eigenvalue weighted by molar-refractivity contribution is -0.161. The molecule has 0 aliphatic carbocycles. The zero-order valence-electron chi connectivity index (χ0n) is 20.7. The summed E-state index contributed by atoms with van der Waals surface area (Å²) in [5.41, 5.74) is 0.635. The van der Waals surface area contributed by atoms with Crippen LogP contribution in [-0.2, 0) is 33.4 Å². The number of methoxy groups -OCH3 is 2. The van der Waals surface area contributed by atoms with Crippen molar-refractivity contribution in [2.24, 2.45) is 5.92 Å². The molecule has 2 saturated heterocycles. The third-order valence-electron chi connectivity index (χ3n) is 5.74. The summed E-state index contributed by atoms with van der Waals surface area (Å²) in [6, 6.07) is 2.83. The first-order valence-corrected chi connectivity index (χ1v) is 12.3. The highest BCUT2D eigenvalue weighted by atomic mass is 79.9. The Morgan fingerprint density at radius 1 is 1.14 bits per heavy atom. The van der Waals surface area contributed by atoms with E-state index in [1.165, 1.54) is 19.2 Å². The number of ether oxygens (including phenoxy) is 5. The highest BCUT2D eigenvalue weighted by molar-refractivity contribution is 9.10. The van der Waals surface area contributed by atoms with Crippen LogP contribution in [0.5, 0.6) is 11.5 Å². The summed E-state index contributed by atoms with van der Waals surface area (Å²) in [4.78, 5) is 44.7. The smallest absolute Gasteiger partial charge is 0.344 e. The zero-order valence-corrected chi connectivity index (χ0v) is 22.3. The number of likely N-dealkylation sites (tertiary alicyclic amines) is 1. The van der Waals surface area contributed by atoms with Gasteiger partial charge in [0.2, 0.25) is 5.91 Å². The second-order valence-electron chi connectivity index (χ2n) is 8.00. The lowest BCUT2D eigenvalue weighted by atomic mass is 9.90. The molecule has 2 aliphatic heterocycles. The van der Waals surface area contributed by atoms with Crippen LogP contribution in [0.3, 0.4) is 0 Å². The molecule has 3 rings (SSSR count). The van der Waals surface area contributed by atoms with Gasteiger partial charge in [0.15, 0.2) is 24.2 Å². The average molecular weight is 571 g/mol. The Bertz CT molecular complexity index is 987. The Kier molecular flexibility index (Phi) is 10.1. The van der Waals surface area contributed by atoms with Crippen LogP contribution in [0.2, 0.25) is 0 Å². The SMILES string of the molecule is CC/C=C/N1O[C@H]2C(=O)N(C)C(=O)[C@H]2[C@@H]1c1ccc(OC)c(OCC(=O)OCCOCCOC)c1Br. The van der Waals surface area contributed by atoms with E-state index < -0.39 is 29.9 Å². The third-order valence-corrected chi connectivity index (χ3v) is 6.56. The van der Waals surface area contributed by atoms with Crippen LogP contribution in [0.25, 0.3) is 0 Å². The third kappa shape index (κ3) is 6.00. The van der Waals surface area contributed by atoms with E-state index >= 15 is 0 Å². The van der Waals surface area contributed by atoms with Gasteiger partial charge in [0.25, 0.3) is 5.91 Å². The summed E-state index contributed by atoms with van der Waals surface area (Å²) < 4.78 is 26.9. The predicted octanol–water partition coefficient (Wildman–Crippen LogP) is 2.24. The molecule has 36 heavy (non-hydrogen) atoms. The number of halogens is 1. The lowest BCUT2D eigenvalue weighted by Crippen LogP contribution is -2.33. The molecular formula is C24H31BrN2O9. The molecule has 0 N–H and O–H groups in total. The van der Waals surface area contributed by atoms with Gasteiger partial charge in [-0.2, -0.15) is 0 Å². The summed E-state index contributed by atoms with van der Waals surface area (Å²) in [6.07, 6.45) is 3.40. The monoisotopic (exact) mass is 570 g/mol. The molecule has 0 aromatic heterocycles. The van der Waals surface area contributed by atoms with Crippen molar-refractivity contribution in [1.82, 2.24) is 9.96 Å². The normalized spacial score (nSPS) is 21.4. The molecule has 0 saturated carbocycles. The fourth-order valence-electron chi connectivity index (χ4n) is 3.95. The van der Waals surface area contributed by atoms with Crippen LogP contribution in [0.4, 0.5) is 0 Å². The molecule has 0 spiro atoms. The average Bonchev–Trinajstić information content (AvgIpc) is 3.34. The molecule has 198 valence electrons. The molecule has 2 aliphatic rings. The van der Waals surface area contributed by atoms with Gasteiger partial charge in [0.05, 0.1) is 37.4 Å². The molecule has 1 aromatic carbocycles. The van der Waals surface area contributed by atoms with Gasteiger partial charge in [0.1, 0.15) is 12.5 Å². The highest BCUT2D eigenvalue weighted by Crippen LogP contribution is 2.49. The molecule has 0 radical (unpaired) electrons. The van der Waals surface area contributed by atoms with Crippen molar-refractivity contribution in [3.8, 4) is 11.5 Å². The first kappa shape index (κ1) is 27.9. The Morgan fingerprint density at radius 3 is 2.58 bits per heavy atom. The van der Waals surface area contributed by atoms with E-state index in [1.807, 2.05) is 13.0 Å². The van der Waals surface area contributed by atoms with Crippen molar-refractivity contribution in [1.29, 1.82) is 0 Å². The summed E-state index contributed by atoms with van der Waals surface area (Å²) in [6.45, 7) is 2.77. The Hall–Kier alpha value is -2.67. The maximum atomic E-state index is 12.9. The minimum absolute atomic E-state index is 0.0785. The molecular weight excluding hydrogens is 540 g/mol. The molecule has 2 fully saturated rings. The van der Waals surface area contributed by atoms with Crippen LogP contribution in [0, 0.1) is 5.92 Å². The molecule has 3 atom stereocenters. The number of esters is 1. The van der Waals surface area contributed by atoms with Gasteiger partial charge in [-0.05, 0) is 34.0 Å². The number of hydrogen-bond donors (Lipinski definition) is 0. The summed E-state index contributed by atoms with van der Waals surface area (Å²) in [5.74, 6) is -1.42. The molecule has 2 heterocycles. The summed E-state index contributed by atoms with van der Waals surface area (Å²) >= 11 is 3.56. The number of hydrogen-bond acceptors (Lipinski definition) is 10. The van der Waals surface area contributed by atoms with E-state index in [4.69, 9.17) is 28.5 Å². The van der Waals surface area contributed by atoms with Gasteiger partial charge >= 0.3 is 5.97 Å². The van der Waals surface area contributed by atoms with E-state index in [9.17, 15) is 14.4 Å². The van der Waals surface area contributed by atoms with Crippen molar-refractivity contribution >= 4 is 33.7 Å². The number of amides is 2. The van der Waals surface area contributed by atoms with Crippen molar-refractivity contribution in [2.45, 2.75) is 25.5 Å². The number of carbonyl (C=O) groups excluding carboxylic acids is 3. The van der Waals surface area contributed by atoms with E-state index in [0.717, 1.165) is 11.3 Å². The molecule has 0 bridgehead atoms. The predicted molar refractivity (Wildman–Crippen MR) is 130 cm³/mol. The van der Waals surface area contributed by atoms with Gasteiger partial charge in [-0.25, -0.2) is 4.79 Å². The Labute approximate surface area is 218 Å². The lowest BCUT2D eigenvalue weighted by Gasteiger charge is -2.27. The van der Waals surface area contributed by atoms with Gasteiger partial charge in [0, 0.05) is 20.4 Å². The van der Waals surface area contributed by atoms with Crippen molar-refractivity contribution in [3.63, 3.8) is 0 Å². The molecule has 1 aromatic rings. The Morgan fingerprint density at radius 2 is 1.89 bits per heavy atom. The van der Waals surface area contributed by atoms with Crippen molar-refractivity contribution in [3.05, 3.63) is 34.4 Å². The second-order valence-corrected chi connectivity index (χ2v) is 8.79. The van der Waals surface area contributed by atoms with Crippen molar-refractivity contribution < 1.29 is 42.9 Å². The van der Waals surface area contributed by atoms with Gasteiger partial charge in [-0.3, -0.25) is 24.4 Å². The van der Waals surface area contributed by atoms with Crippen LogP contribution in [0.15, 0.2) is 28.9 Å². The number of fused-ring (bicyclic) bond motifs is 1.